The molecule has 1 fully saturated rings. The Balaban J connectivity index is 1.58. The second kappa shape index (κ2) is 12.6. The SMILES string of the molecule is CCO[C@H]1CN(C(=O)OCc2ccccc2)CC1Nc1c(CC)nc(-c2ccc(OC)nc2OC)c(=O)n1C. The zero-order chi connectivity index (χ0) is 27.9. The van der Waals surface area contributed by atoms with E-state index in [9.17, 15) is 9.59 Å². The van der Waals surface area contributed by atoms with Gasteiger partial charge >= 0.3 is 6.09 Å². The Morgan fingerprint density at radius 1 is 1.05 bits per heavy atom. The predicted molar refractivity (Wildman–Crippen MR) is 146 cm³/mol. The number of carbonyl (C=O) groups excluding carboxylic acids is 1. The van der Waals surface area contributed by atoms with Crippen LogP contribution in [0.2, 0.25) is 0 Å². The van der Waals surface area contributed by atoms with E-state index >= 15 is 0 Å². The molecule has 2 atom stereocenters. The van der Waals surface area contributed by atoms with Gasteiger partial charge in [-0.25, -0.2) is 9.78 Å². The molecule has 1 aromatic carbocycles. The minimum atomic E-state index is -0.412. The summed E-state index contributed by atoms with van der Waals surface area (Å²) in [7, 11) is 4.68. The van der Waals surface area contributed by atoms with Crippen molar-refractivity contribution < 1.29 is 23.7 Å². The predicted octanol–water partition coefficient (Wildman–Crippen LogP) is 3.26. The van der Waals surface area contributed by atoms with Crippen molar-refractivity contribution in [3.8, 4) is 23.0 Å². The lowest BCUT2D eigenvalue weighted by Crippen LogP contribution is -2.37. The van der Waals surface area contributed by atoms with Gasteiger partial charge in [0.05, 0.1) is 44.2 Å². The zero-order valence-corrected chi connectivity index (χ0v) is 23.0. The number of carbonyl (C=O) groups is 1. The van der Waals surface area contributed by atoms with Gasteiger partial charge in [0, 0.05) is 26.3 Å². The number of methoxy groups -OCH3 is 2. The molecule has 0 spiro atoms. The number of nitrogens with zero attached hydrogens (tertiary/aromatic N) is 4. The lowest BCUT2D eigenvalue weighted by atomic mass is 10.1. The molecule has 1 N–H and O–H groups in total. The summed E-state index contributed by atoms with van der Waals surface area (Å²) in [5, 5.41) is 3.45. The van der Waals surface area contributed by atoms with Crippen LogP contribution in [0.25, 0.3) is 11.3 Å². The third-order valence-electron chi connectivity index (χ3n) is 6.62. The summed E-state index contributed by atoms with van der Waals surface area (Å²) in [6.07, 6.45) is -0.140. The molecule has 0 bridgehead atoms. The van der Waals surface area contributed by atoms with Crippen molar-refractivity contribution in [1.82, 2.24) is 19.4 Å². The summed E-state index contributed by atoms with van der Waals surface area (Å²) in [5.74, 6) is 1.19. The number of pyridine rings is 1. The average Bonchev–Trinajstić information content (AvgIpc) is 3.37. The van der Waals surface area contributed by atoms with Crippen molar-refractivity contribution in [3.63, 3.8) is 0 Å². The molecule has 39 heavy (non-hydrogen) atoms. The first-order valence-electron chi connectivity index (χ1n) is 12.9. The van der Waals surface area contributed by atoms with Gasteiger partial charge in [-0.1, -0.05) is 37.3 Å². The Morgan fingerprint density at radius 2 is 1.82 bits per heavy atom. The maximum absolute atomic E-state index is 13.5. The van der Waals surface area contributed by atoms with Crippen molar-refractivity contribution in [2.75, 3.05) is 39.2 Å². The molecular formula is C28H35N5O6. The van der Waals surface area contributed by atoms with Crippen molar-refractivity contribution >= 4 is 11.9 Å². The summed E-state index contributed by atoms with van der Waals surface area (Å²) in [5.41, 5.74) is 1.99. The minimum Gasteiger partial charge on any atom is -0.481 e. The molecule has 1 amide bonds. The Bertz CT molecular complexity index is 1350. The fourth-order valence-corrected chi connectivity index (χ4v) is 4.60. The quantitative estimate of drug-likeness (QED) is 0.416. The van der Waals surface area contributed by atoms with Crippen LogP contribution in [0.4, 0.5) is 10.6 Å². The van der Waals surface area contributed by atoms with E-state index in [1.807, 2.05) is 44.2 Å². The first kappa shape index (κ1) is 27.9. The number of aromatic nitrogens is 3. The number of amides is 1. The van der Waals surface area contributed by atoms with Crippen LogP contribution < -0.4 is 20.3 Å². The molecule has 11 heteroatoms. The second-order valence-corrected chi connectivity index (χ2v) is 9.07. The molecule has 3 aromatic rings. The first-order valence-corrected chi connectivity index (χ1v) is 12.9. The lowest BCUT2D eigenvalue weighted by Gasteiger charge is -2.24. The first-order chi connectivity index (χ1) is 18.9. The maximum Gasteiger partial charge on any atom is 0.410 e. The molecule has 2 aromatic heterocycles. The maximum atomic E-state index is 13.5. The molecule has 1 unspecified atom stereocenters. The van der Waals surface area contributed by atoms with E-state index < -0.39 is 6.09 Å². The van der Waals surface area contributed by atoms with Gasteiger partial charge in [0.1, 0.15) is 18.1 Å². The fourth-order valence-electron chi connectivity index (χ4n) is 4.60. The number of benzene rings is 1. The standard InChI is InChI=1S/C28H35N5O6/c1-6-20-25(32(3)27(34)24(29-20)19-13-14-23(36-4)31-26(19)37-5)30-21-15-33(16-22(21)38-7-2)28(35)39-17-18-11-9-8-10-12-18/h8-14,21-22,30H,6-7,15-17H2,1-5H3/t21?,22-/m0/s1. The smallest absolute Gasteiger partial charge is 0.410 e. The van der Waals surface area contributed by atoms with Gasteiger partial charge in [0.2, 0.25) is 11.8 Å². The third-order valence-corrected chi connectivity index (χ3v) is 6.62. The van der Waals surface area contributed by atoms with Gasteiger partial charge in [0.25, 0.3) is 5.56 Å². The highest BCUT2D eigenvalue weighted by Gasteiger charge is 2.37. The Labute approximate surface area is 227 Å². The largest absolute Gasteiger partial charge is 0.481 e. The van der Waals surface area contributed by atoms with Crippen LogP contribution in [-0.4, -0.2) is 71.6 Å². The van der Waals surface area contributed by atoms with Gasteiger partial charge < -0.3 is 29.2 Å². The van der Waals surface area contributed by atoms with Gasteiger partial charge in [-0.15, -0.1) is 0 Å². The number of rotatable bonds is 10. The van der Waals surface area contributed by atoms with E-state index in [1.54, 1.807) is 24.1 Å². The van der Waals surface area contributed by atoms with Crippen LogP contribution in [0.5, 0.6) is 11.8 Å². The van der Waals surface area contributed by atoms with Gasteiger partial charge in [-0.2, -0.15) is 4.98 Å². The Hall–Kier alpha value is -4.12. The Kier molecular flexibility index (Phi) is 9.03. The van der Waals surface area contributed by atoms with Gasteiger partial charge in [-0.3, -0.25) is 9.36 Å². The molecule has 1 saturated heterocycles. The van der Waals surface area contributed by atoms with Crippen molar-refractivity contribution in [2.24, 2.45) is 7.05 Å². The van der Waals surface area contributed by atoms with E-state index in [4.69, 9.17) is 23.9 Å². The summed E-state index contributed by atoms with van der Waals surface area (Å²) < 4.78 is 23.6. The number of anilines is 1. The van der Waals surface area contributed by atoms with E-state index in [0.29, 0.717) is 49.1 Å². The zero-order valence-electron chi connectivity index (χ0n) is 23.0. The molecule has 11 nitrogen and oxygen atoms in total. The van der Waals surface area contributed by atoms with E-state index in [0.717, 1.165) is 5.56 Å². The summed E-state index contributed by atoms with van der Waals surface area (Å²) >= 11 is 0. The van der Waals surface area contributed by atoms with Crippen LogP contribution in [0, 0.1) is 0 Å². The third kappa shape index (κ3) is 6.14. The number of likely N-dealkylation sites (tertiary alicyclic amines) is 1. The minimum absolute atomic E-state index is 0.192. The molecule has 1 aliphatic rings. The number of hydrogen-bond donors (Lipinski definition) is 1. The van der Waals surface area contributed by atoms with E-state index in [1.165, 1.54) is 18.8 Å². The number of hydrogen-bond acceptors (Lipinski definition) is 9. The highest BCUT2D eigenvalue weighted by molar-refractivity contribution is 5.69. The molecule has 4 rings (SSSR count). The second-order valence-electron chi connectivity index (χ2n) is 9.07. The Morgan fingerprint density at radius 3 is 2.49 bits per heavy atom. The van der Waals surface area contributed by atoms with Crippen LogP contribution in [0.3, 0.4) is 0 Å². The highest BCUT2D eigenvalue weighted by atomic mass is 16.6. The summed E-state index contributed by atoms with van der Waals surface area (Å²) in [6, 6.07) is 12.6. The fraction of sp³-hybridized carbons (Fsp3) is 0.429. The number of nitrogens with one attached hydrogen (secondary N) is 1. The average molecular weight is 538 g/mol. The van der Waals surface area contributed by atoms with E-state index in [2.05, 4.69) is 10.3 Å². The molecule has 0 saturated carbocycles. The topological polar surface area (TPSA) is 117 Å². The molecular weight excluding hydrogens is 502 g/mol. The van der Waals surface area contributed by atoms with Crippen LogP contribution in [0.15, 0.2) is 47.3 Å². The van der Waals surface area contributed by atoms with Crippen LogP contribution >= 0.6 is 0 Å². The molecule has 0 aliphatic carbocycles. The number of aryl methyl sites for hydroxylation is 1. The molecule has 3 heterocycles. The molecule has 208 valence electrons. The van der Waals surface area contributed by atoms with Crippen molar-refractivity contribution in [3.05, 3.63) is 64.1 Å². The highest BCUT2D eigenvalue weighted by Crippen LogP contribution is 2.29. The summed E-state index contributed by atoms with van der Waals surface area (Å²) in [4.78, 5) is 37.0. The van der Waals surface area contributed by atoms with Gasteiger partial charge in [0.15, 0.2) is 0 Å². The van der Waals surface area contributed by atoms with Crippen LogP contribution in [0.1, 0.15) is 25.1 Å². The monoisotopic (exact) mass is 537 g/mol. The summed E-state index contributed by atoms with van der Waals surface area (Å²) in [6.45, 7) is 5.27. The lowest BCUT2D eigenvalue weighted by molar-refractivity contribution is 0.0579. The molecule has 1 aliphatic heterocycles. The molecule has 0 radical (unpaired) electrons. The van der Waals surface area contributed by atoms with Crippen molar-refractivity contribution in [2.45, 2.75) is 39.0 Å². The van der Waals surface area contributed by atoms with Crippen LogP contribution in [-0.2, 0) is 29.5 Å². The van der Waals surface area contributed by atoms with Crippen molar-refractivity contribution in [1.29, 1.82) is 0 Å². The van der Waals surface area contributed by atoms with E-state index in [-0.39, 0.29) is 35.9 Å². The normalized spacial score (nSPS) is 16.7. The number of ether oxygens (including phenoxy) is 4. The van der Waals surface area contributed by atoms with Gasteiger partial charge in [-0.05, 0) is 25.0 Å².